The molecule has 1 aromatic carbocycles. The zero-order valence-corrected chi connectivity index (χ0v) is 22.3. The number of amides is 1. The standard InChI is InChI=1S/C26H20ClF3N4O5S/c1-38-26-16(3-5-20(34-26)24(29)30)19-4-2-13-9-31-15(8-21(13)33-19)10-32-25(35)14-6-18(27)17-11-39-12-23(28)40(36,37)22(17)7-14/h2-9,23-24H,10-12H2,1H3,(H,32,35)/t23-/m1/s1. The number of nitrogens with zero attached hydrogens (tertiary/aromatic N) is 3. The number of rotatable bonds is 6. The van der Waals surface area contributed by atoms with Crippen molar-refractivity contribution in [1.29, 1.82) is 0 Å². The van der Waals surface area contributed by atoms with E-state index in [-0.39, 0.29) is 40.1 Å². The van der Waals surface area contributed by atoms with Gasteiger partial charge in [-0.25, -0.2) is 31.6 Å². The van der Waals surface area contributed by atoms with Gasteiger partial charge in [0.2, 0.25) is 21.2 Å². The maximum Gasteiger partial charge on any atom is 0.280 e. The number of carbonyl (C=O) groups excluding carboxylic acids is 1. The van der Waals surface area contributed by atoms with Crippen LogP contribution in [0.2, 0.25) is 5.02 Å². The number of fused-ring (bicyclic) bond motifs is 2. The van der Waals surface area contributed by atoms with Crippen LogP contribution in [0.25, 0.3) is 22.2 Å². The predicted molar refractivity (Wildman–Crippen MR) is 139 cm³/mol. The van der Waals surface area contributed by atoms with Crippen molar-refractivity contribution in [2.45, 2.75) is 30.0 Å². The van der Waals surface area contributed by atoms with E-state index in [4.69, 9.17) is 21.1 Å². The third-order valence-electron chi connectivity index (χ3n) is 6.19. The number of pyridine rings is 3. The summed E-state index contributed by atoms with van der Waals surface area (Å²) >= 11 is 6.21. The summed E-state index contributed by atoms with van der Waals surface area (Å²) in [6.45, 7) is -0.891. The van der Waals surface area contributed by atoms with Crippen molar-refractivity contribution in [2.24, 2.45) is 0 Å². The lowest BCUT2D eigenvalue weighted by Gasteiger charge is -2.12. The summed E-state index contributed by atoms with van der Waals surface area (Å²) in [5.41, 5.74) is -0.915. The number of alkyl halides is 3. The summed E-state index contributed by atoms with van der Waals surface area (Å²) in [5.74, 6) is -0.655. The summed E-state index contributed by atoms with van der Waals surface area (Å²) in [4.78, 5) is 25.2. The van der Waals surface area contributed by atoms with E-state index in [1.807, 2.05) is 0 Å². The van der Waals surface area contributed by atoms with Crippen LogP contribution < -0.4 is 10.1 Å². The molecule has 0 bridgehead atoms. The Bertz CT molecular complexity index is 1740. The Hall–Kier alpha value is -3.81. The van der Waals surface area contributed by atoms with Crippen LogP contribution in [0.15, 0.2) is 53.6 Å². The monoisotopic (exact) mass is 592 g/mol. The van der Waals surface area contributed by atoms with Crippen LogP contribution in [-0.2, 0) is 27.7 Å². The molecule has 40 heavy (non-hydrogen) atoms. The fourth-order valence-electron chi connectivity index (χ4n) is 4.12. The fourth-order valence-corrected chi connectivity index (χ4v) is 5.81. The fraction of sp³-hybridized carbons (Fsp3) is 0.231. The molecule has 1 N–H and O–H groups in total. The molecule has 14 heteroatoms. The van der Waals surface area contributed by atoms with Crippen molar-refractivity contribution in [3.8, 4) is 17.1 Å². The molecule has 0 aliphatic carbocycles. The molecule has 0 saturated heterocycles. The van der Waals surface area contributed by atoms with Gasteiger partial charge in [-0.1, -0.05) is 11.6 Å². The highest BCUT2D eigenvalue weighted by Gasteiger charge is 2.34. The minimum absolute atomic E-state index is 0.00161. The van der Waals surface area contributed by atoms with Gasteiger partial charge < -0.3 is 14.8 Å². The summed E-state index contributed by atoms with van der Waals surface area (Å²) in [6.07, 6.45) is -1.20. The highest BCUT2D eigenvalue weighted by molar-refractivity contribution is 7.92. The number of hydrogen-bond donors (Lipinski definition) is 1. The predicted octanol–water partition coefficient (Wildman–Crippen LogP) is 4.82. The summed E-state index contributed by atoms with van der Waals surface area (Å²) in [7, 11) is -3.07. The van der Waals surface area contributed by atoms with E-state index in [1.54, 1.807) is 24.4 Å². The van der Waals surface area contributed by atoms with Crippen LogP contribution in [0.1, 0.15) is 33.7 Å². The Kier molecular flexibility index (Phi) is 7.62. The summed E-state index contributed by atoms with van der Waals surface area (Å²) in [5, 5.41) is 3.29. The lowest BCUT2D eigenvalue weighted by Crippen LogP contribution is -2.24. The van der Waals surface area contributed by atoms with Crippen molar-refractivity contribution < 1.29 is 35.9 Å². The minimum Gasteiger partial charge on any atom is -0.480 e. The van der Waals surface area contributed by atoms with Crippen molar-refractivity contribution in [3.63, 3.8) is 0 Å². The van der Waals surface area contributed by atoms with Crippen molar-refractivity contribution in [2.75, 3.05) is 13.7 Å². The highest BCUT2D eigenvalue weighted by Crippen LogP contribution is 2.33. The van der Waals surface area contributed by atoms with Gasteiger partial charge in [-0.2, -0.15) is 0 Å². The second-order valence-electron chi connectivity index (χ2n) is 8.75. The van der Waals surface area contributed by atoms with Gasteiger partial charge in [0.25, 0.3) is 12.3 Å². The molecule has 0 unspecified atom stereocenters. The molecule has 3 aromatic heterocycles. The van der Waals surface area contributed by atoms with Crippen LogP contribution in [-0.4, -0.2) is 48.5 Å². The highest BCUT2D eigenvalue weighted by atomic mass is 35.5. The normalized spacial score (nSPS) is 16.4. The number of ether oxygens (including phenoxy) is 2. The first-order valence-electron chi connectivity index (χ1n) is 11.7. The molecule has 0 saturated carbocycles. The molecule has 4 heterocycles. The molecule has 1 atom stereocenters. The van der Waals surface area contributed by atoms with Crippen LogP contribution in [0.3, 0.4) is 0 Å². The molecule has 5 rings (SSSR count). The van der Waals surface area contributed by atoms with E-state index < -0.39 is 40.0 Å². The number of hydrogen-bond acceptors (Lipinski definition) is 8. The molecule has 4 aromatic rings. The number of sulfone groups is 1. The van der Waals surface area contributed by atoms with Crippen molar-refractivity contribution >= 4 is 38.2 Å². The molecule has 0 fully saturated rings. The summed E-state index contributed by atoms with van der Waals surface area (Å²) in [6, 6.07) is 10.1. The van der Waals surface area contributed by atoms with Crippen molar-refractivity contribution in [1.82, 2.24) is 20.3 Å². The SMILES string of the molecule is COc1nc(C(F)F)ccc1-c1ccc2cnc(CNC(=O)c3cc(Cl)c4c(c3)S(=O)(=O)[C@@H](F)COC4)cc2n1. The summed E-state index contributed by atoms with van der Waals surface area (Å²) < 4.78 is 75.6. The van der Waals surface area contributed by atoms with Gasteiger partial charge in [0.1, 0.15) is 5.69 Å². The average molecular weight is 593 g/mol. The zero-order chi connectivity index (χ0) is 28.6. The molecule has 1 aliphatic heterocycles. The Labute approximate surface area is 231 Å². The Balaban J connectivity index is 1.39. The average Bonchev–Trinajstić information content (AvgIpc) is 3.06. The lowest BCUT2D eigenvalue weighted by molar-refractivity contribution is 0.0947. The number of benzene rings is 1. The quantitative estimate of drug-likeness (QED) is 0.338. The molecule has 208 valence electrons. The maximum absolute atomic E-state index is 14.2. The first-order chi connectivity index (χ1) is 19.1. The topological polar surface area (TPSA) is 120 Å². The Morgan fingerprint density at radius 3 is 2.75 bits per heavy atom. The van der Waals surface area contributed by atoms with Gasteiger partial charge in [-0.3, -0.25) is 9.78 Å². The van der Waals surface area contributed by atoms with E-state index in [2.05, 4.69) is 20.3 Å². The van der Waals surface area contributed by atoms with E-state index in [0.717, 1.165) is 6.07 Å². The molecule has 9 nitrogen and oxygen atoms in total. The molecular formula is C26H20ClF3N4O5S. The number of methoxy groups -OCH3 is 1. The Morgan fingerprint density at radius 1 is 1.20 bits per heavy atom. The third-order valence-corrected chi connectivity index (χ3v) is 8.31. The van der Waals surface area contributed by atoms with Gasteiger partial charge in [-0.15, -0.1) is 0 Å². The van der Waals surface area contributed by atoms with E-state index >= 15 is 0 Å². The maximum atomic E-state index is 14.2. The van der Waals surface area contributed by atoms with Crippen LogP contribution in [0, 0.1) is 0 Å². The Morgan fingerprint density at radius 2 is 2.00 bits per heavy atom. The van der Waals surface area contributed by atoms with E-state index in [1.165, 1.54) is 25.3 Å². The second kappa shape index (κ2) is 11.0. The number of nitrogens with one attached hydrogen (secondary N) is 1. The first kappa shape index (κ1) is 27.7. The minimum atomic E-state index is -4.39. The van der Waals surface area contributed by atoms with Gasteiger partial charge in [0, 0.05) is 27.7 Å². The first-order valence-corrected chi connectivity index (χ1v) is 13.7. The van der Waals surface area contributed by atoms with E-state index in [0.29, 0.717) is 27.9 Å². The van der Waals surface area contributed by atoms with E-state index in [9.17, 15) is 26.4 Å². The molecule has 0 radical (unpaired) electrons. The van der Waals surface area contributed by atoms with Gasteiger partial charge in [-0.05, 0) is 42.5 Å². The van der Waals surface area contributed by atoms with Crippen LogP contribution in [0.4, 0.5) is 13.2 Å². The molecule has 1 amide bonds. The van der Waals surface area contributed by atoms with Gasteiger partial charge in [0.15, 0.2) is 0 Å². The van der Waals surface area contributed by atoms with Gasteiger partial charge >= 0.3 is 0 Å². The lowest BCUT2D eigenvalue weighted by atomic mass is 10.1. The zero-order valence-electron chi connectivity index (χ0n) is 20.7. The third kappa shape index (κ3) is 5.31. The van der Waals surface area contributed by atoms with Gasteiger partial charge in [0.05, 0.1) is 54.2 Å². The molecule has 0 spiro atoms. The number of carbonyl (C=O) groups is 1. The largest absolute Gasteiger partial charge is 0.480 e. The number of halogens is 4. The smallest absolute Gasteiger partial charge is 0.280 e. The molecular weight excluding hydrogens is 573 g/mol. The van der Waals surface area contributed by atoms with Crippen LogP contribution in [0.5, 0.6) is 5.88 Å². The second-order valence-corrected chi connectivity index (χ2v) is 11.2. The molecule has 1 aliphatic rings. The van der Waals surface area contributed by atoms with Crippen molar-refractivity contribution in [3.05, 3.63) is 76.2 Å². The van der Waals surface area contributed by atoms with Crippen LogP contribution >= 0.6 is 11.6 Å². The number of aromatic nitrogens is 3.